The second-order valence-electron chi connectivity index (χ2n) is 3.88. The lowest BCUT2D eigenvalue weighted by atomic mass is 10.1. The van der Waals surface area contributed by atoms with Crippen LogP contribution in [0, 0.1) is 0 Å². The van der Waals surface area contributed by atoms with Crippen LogP contribution in [0.2, 0.25) is 0 Å². The Hall–Kier alpha value is 0.220. The van der Waals surface area contributed by atoms with E-state index in [9.17, 15) is 9.79 Å². The molecule has 1 unspecified atom stereocenters. The molecule has 14 heavy (non-hydrogen) atoms. The summed E-state index contributed by atoms with van der Waals surface area (Å²) in [6.45, 7) is 6.20. The fourth-order valence-corrected chi connectivity index (χ4v) is 3.75. The largest absolute Gasteiger partial charge is 0.353 e. The summed E-state index contributed by atoms with van der Waals surface area (Å²) in [5.74, 6) is 1.73. The highest BCUT2D eigenvalue weighted by atomic mass is 31.2. The van der Waals surface area contributed by atoms with Gasteiger partial charge < -0.3 is 9.79 Å². The van der Waals surface area contributed by atoms with Crippen molar-refractivity contribution in [2.75, 3.05) is 0 Å². The first-order valence-corrected chi connectivity index (χ1v) is 7.60. The van der Waals surface area contributed by atoms with Crippen molar-refractivity contribution in [1.29, 1.82) is 0 Å². The maximum absolute atomic E-state index is 9.94. The fraction of sp³-hybridized carbons (Fsp3) is 0.909. The molecule has 1 atom stereocenters. The highest BCUT2D eigenvalue weighted by Gasteiger charge is 2.21. The van der Waals surface area contributed by atoms with Gasteiger partial charge in [0.2, 0.25) is 0 Å². The normalized spacial score (nSPS) is 14.1. The van der Waals surface area contributed by atoms with E-state index in [0.717, 1.165) is 38.5 Å². The zero-order valence-electron chi connectivity index (χ0n) is 9.74. The van der Waals surface area contributed by atoms with Crippen molar-refractivity contribution < 1.29 is 9.79 Å². The van der Waals surface area contributed by atoms with E-state index < -0.39 is 7.34 Å². The number of hydrogen-bond acceptors (Lipinski definition) is 2. The molecule has 86 valence electrons. The van der Waals surface area contributed by atoms with Gasteiger partial charge in [-0.1, -0.05) is 40.0 Å². The van der Waals surface area contributed by atoms with E-state index >= 15 is 0 Å². The van der Waals surface area contributed by atoms with E-state index in [4.69, 9.17) is 0 Å². The minimum Gasteiger partial charge on any atom is -0.353 e. The Kier molecular flexibility index (Phi) is 7.62. The number of hydrogen-bond donors (Lipinski definition) is 2. The van der Waals surface area contributed by atoms with E-state index in [0.29, 0.717) is 0 Å². The van der Waals surface area contributed by atoms with Gasteiger partial charge in [-0.05, 0) is 25.1 Å². The second-order valence-corrected chi connectivity index (χ2v) is 6.37. The average molecular weight is 220 g/mol. The lowest BCUT2D eigenvalue weighted by molar-refractivity contribution is 0.440. The smallest absolute Gasteiger partial charge is 0.118 e. The summed E-state index contributed by atoms with van der Waals surface area (Å²) >= 11 is 0. The van der Waals surface area contributed by atoms with Crippen molar-refractivity contribution >= 4 is 13.1 Å². The molecule has 0 aliphatic heterocycles. The van der Waals surface area contributed by atoms with E-state index in [2.05, 4.69) is 13.8 Å². The van der Waals surface area contributed by atoms with Gasteiger partial charge in [0.1, 0.15) is 7.34 Å². The lowest BCUT2D eigenvalue weighted by Crippen LogP contribution is -2.09. The molecule has 0 bridgehead atoms. The molecular formula is C11H25O2P. The molecule has 0 rings (SSSR count). The Morgan fingerprint density at radius 3 is 2.14 bits per heavy atom. The average Bonchev–Trinajstić information content (AvgIpc) is 2.11. The first-order valence-electron chi connectivity index (χ1n) is 5.76. The maximum atomic E-state index is 9.94. The third-order valence-corrected chi connectivity index (χ3v) is 5.00. The highest BCUT2D eigenvalue weighted by molar-refractivity contribution is 7.64. The SMILES string of the molecule is CCC=P(O)(O)C(CCC)CCCC. The van der Waals surface area contributed by atoms with Gasteiger partial charge in [0.15, 0.2) is 0 Å². The molecule has 3 heteroatoms. The molecule has 2 nitrogen and oxygen atoms in total. The van der Waals surface area contributed by atoms with E-state index in [1.54, 1.807) is 5.80 Å². The van der Waals surface area contributed by atoms with Crippen molar-refractivity contribution in [2.45, 2.75) is 65.0 Å². The molecule has 0 amide bonds. The minimum atomic E-state index is -2.72. The molecule has 0 spiro atoms. The quantitative estimate of drug-likeness (QED) is 0.646. The summed E-state index contributed by atoms with van der Waals surface area (Å²) in [5.41, 5.74) is 0.118. The Morgan fingerprint density at radius 1 is 1.07 bits per heavy atom. The first kappa shape index (κ1) is 14.2. The second kappa shape index (κ2) is 7.50. The minimum absolute atomic E-state index is 0.118. The Labute approximate surface area is 88.5 Å². The molecule has 0 saturated heterocycles. The number of unbranched alkanes of at least 4 members (excludes halogenated alkanes) is 1. The van der Waals surface area contributed by atoms with Crippen LogP contribution in [0.3, 0.4) is 0 Å². The van der Waals surface area contributed by atoms with Gasteiger partial charge in [-0.25, -0.2) is 0 Å². The highest BCUT2D eigenvalue weighted by Crippen LogP contribution is 2.47. The van der Waals surface area contributed by atoms with Gasteiger partial charge in [-0.15, -0.1) is 0 Å². The van der Waals surface area contributed by atoms with E-state index in [1.165, 1.54) is 0 Å². The van der Waals surface area contributed by atoms with Gasteiger partial charge in [0.25, 0.3) is 0 Å². The molecule has 0 aromatic rings. The monoisotopic (exact) mass is 220 g/mol. The summed E-state index contributed by atoms with van der Waals surface area (Å²) in [7, 11) is -2.72. The zero-order valence-corrected chi connectivity index (χ0v) is 10.6. The van der Waals surface area contributed by atoms with Crippen LogP contribution < -0.4 is 0 Å². The Balaban J connectivity index is 4.38. The van der Waals surface area contributed by atoms with Crippen molar-refractivity contribution in [3.63, 3.8) is 0 Å². The molecule has 0 radical (unpaired) electrons. The van der Waals surface area contributed by atoms with Crippen molar-refractivity contribution in [2.24, 2.45) is 0 Å². The van der Waals surface area contributed by atoms with E-state index in [1.807, 2.05) is 6.92 Å². The van der Waals surface area contributed by atoms with Crippen LogP contribution in [0.15, 0.2) is 0 Å². The van der Waals surface area contributed by atoms with Gasteiger partial charge in [-0.2, -0.15) is 0 Å². The van der Waals surface area contributed by atoms with Crippen LogP contribution in [0.1, 0.15) is 59.3 Å². The Morgan fingerprint density at radius 2 is 1.71 bits per heavy atom. The van der Waals surface area contributed by atoms with Crippen LogP contribution in [0.25, 0.3) is 0 Å². The molecule has 0 saturated carbocycles. The zero-order chi connectivity index (χ0) is 11.0. The van der Waals surface area contributed by atoms with Crippen LogP contribution in [-0.4, -0.2) is 21.2 Å². The van der Waals surface area contributed by atoms with Gasteiger partial charge in [0, 0.05) is 5.66 Å². The van der Waals surface area contributed by atoms with Crippen LogP contribution in [-0.2, 0) is 0 Å². The molecule has 0 aromatic carbocycles. The van der Waals surface area contributed by atoms with Crippen LogP contribution >= 0.6 is 7.34 Å². The first-order chi connectivity index (χ1) is 6.58. The summed E-state index contributed by atoms with van der Waals surface area (Å²) < 4.78 is 0. The van der Waals surface area contributed by atoms with Gasteiger partial charge in [0.05, 0.1) is 0 Å². The molecule has 0 fully saturated rings. The predicted molar refractivity (Wildman–Crippen MR) is 65.9 cm³/mol. The van der Waals surface area contributed by atoms with Crippen LogP contribution in [0.4, 0.5) is 0 Å². The molecule has 0 aliphatic rings. The van der Waals surface area contributed by atoms with Crippen molar-refractivity contribution in [1.82, 2.24) is 0 Å². The predicted octanol–water partition coefficient (Wildman–Crippen LogP) is 3.39. The molecule has 2 N–H and O–H groups in total. The molecule has 0 heterocycles. The molecule has 0 aromatic heterocycles. The Bertz CT molecular complexity index is 184. The topological polar surface area (TPSA) is 40.5 Å². The molecule has 0 aliphatic carbocycles. The number of rotatable bonds is 7. The standard InChI is InChI=1S/C11H25O2P/c1-4-7-9-11(8-5-2)14(12,13)10-6-3/h10-13H,4-9H2,1-3H3. The third kappa shape index (κ3) is 5.19. The van der Waals surface area contributed by atoms with Crippen LogP contribution in [0.5, 0.6) is 0 Å². The van der Waals surface area contributed by atoms with Crippen molar-refractivity contribution in [3.05, 3.63) is 0 Å². The van der Waals surface area contributed by atoms with Crippen molar-refractivity contribution in [3.8, 4) is 0 Å². The van der Waals surface area contributed by atoms with Gasteiger partial charge >= 0.3 is 0 Å². The van der Waals surface area contributed by atoms with Gasteiger partial charge in [-0.3, -0.25) is 0 Å². The van der Waals surface area contributed by atoms with E-state index in [-0.39, 0.29) is 5.66 Å². The summed E-state index contributed by atoms with van der Waals surface area (Å²) in [4.78, 5) is 19.9. The molecular weight excluding hydrogens is 195 g/mol. The summed E-state index contributed by atoms with van der Waals surface area (Å²) in [6, 6.07) is 0. The summed E-state index contributed by atoms with van der Waals surface area (Å²) in [5, 5.41) is 0. The maximum Gasteiger partial charge on any atom is 0.118 e. The summed E-state index contributed by atoms with van der Waals surface area (Å²) in [6.07, 6.45) is 5.93. The third-order valence-electron chi connectivity index (χ3n) is 2.50. The fourth-order valence-electron chi connectivity index (χ4n) is 1.72. The lowest BCUT2D eigenvalue weighted by Gasteiger charge is -2.24.